The highest BCUT2D eigenvalue weighted by Crippen LogP contribution is 2.19. The third-order valence-corrected chi connectivity index (χ3v) is 4.56. The Morgan fingerprint density at radius 3 is 2.65 bits per heavy atom. The Bertz CT molecular complexity index is 520. The molecule has 3 nitrogen and oxygen atoms in total. The van der Waals surface area contributed by atoms with E-state index < -0.39 is 0 Å². The molecule has 4 heteroatoms. The van der Waals surface area contributed by atoms with E-state index in [4.69, 9.17) is 0 Å². The molecule has 0 aliphatic heterocycles. The first-order valence-corrected chi connectivity index (χ1v) is 8.13. The van der Waals surface area contributed by atoms with Crippen molar-refractivity contribution >= 4 is 11.8 Å². The van der Waals surface area contributed by atoms with Gasteiger partial charge in [0.25, 0.3) is 0 Å². The first-order valence-electron chi connectivity index (χ1n) is 6.90. The van der Waals surface area contributed by atoms with Crippen LogP contribution in [0.3, 0.4) is 0 Å². The molecular weight excluding hydrogens is 266 g/mol. The van der Waals surface area contributed by atoms with E-state index in [1.807, 2.05) is 28.7 Å². The second kappa shape index (κ2) is 6.95. The molecule has 1 N–H and O–H groups in total. The van der Waals surface area contributed by atoms with Crippen molar-refractivity contribution < 1.29 is 0 Å². The van der Waals surface area contributed by atoms with Crippen LogP contribution < -0.4 is 5.32 Å². The van der Waals surface area contributed by atoms with E-state index in [9.17, 15) is 0 Å². The number of thioether (sulfide) groups is 1. The highest BCUT2D eigenvalue weighted by atomic mass is 32.2. The summed E-state index contributed by atoms with van der Waals surface area (Å²) in [6, 6.07) is 10.4. The van der Waals surface area contributed by atoms with Gasteiger partial charge >= 0.3 is 0 Å². The van der Waals surface area contributed by atoms with Gasteiger partial charge in [-0.3, -0.25) is 4.68 Å². The fraction of sp³-hybridized carbons (Fsp3) is 0.438. The van der Waals surface area contributed by atoms with E-state index in [1.165, 1.54) is 11.1 Å². The molecule has 0 atom stereocenters. The maximum Gasteiger partial charge on any atom is 0.0659 e. The molecule has 1 aromatic carbocycles. The van der Waals surface area contributed by atoms with Crippen molar-refractivity contribution in [3.8, 4) is 0 Å². The Labute approximate surface area is 125 Å². The van der Waals surface area contributed by atoms with E-state index in [1.54, 1.807) is 0 Å². The van der Waals surface area contributed by atoms with Crippen LogP contribution in [-0.4, -0.2) is 27.3 Å². The molecule has 0 fully saturated rings. The van der Waals surface area contributed by atoms with E-state index in [-0.39, 0.29) is 4.75 Å². The van der Waals surface area contributed by atoms with Gasteiger partial charge in [-0.05, 0) is 25.7 Å². The van der Waals surface area contributed by atoms with Gasteiger partial charge in [-0.2, -0.15) is 16.9 Å². The molecule has 2 aromatic rings. The van der Waals surface area contributed by atoms with E-state index >= 15 is 0 Å². The van der Waals surface area contributed by atoms with Gasteiger partial charge in [-0.15, -0.1) is 0 Å². The molecular formula is C16H23N3S. The summed E-state index contributed by atoms with van der Waals surface area (Å²) in [6.07, 6.45) is 6.22. The Morgan fingerprint density at radius 1 is 1.20 bits per heavy atom. The molecule has 1 aromatic heterocycles. The number of hydrogen-bond donors (Lipinski definition) is 1. The average molecular weight is 289 g/mol. The van der Waals surface area contributed by atoms with Gasteiger partial charge in [0.2, 0.25) is 0 Å². The summed E-state index contributed by atoms with van der Waals surface area (Å²) in [5, 5.41) is 7.91. The average Bonchev–Trinajstić information content (AvgIpc) is 2.87. The summed E-state index contributed by atoms with van der Waals surface area (Å²) in [5.41, 5.74) is 2.51. The molecule has 0 aliphatic rings. The number of rotatable bonds is 7. The smallest absolute Gasteiger partial charge is 0.0659 e. The van der Waals surface area contributed by atoms with Gasteiger partial charge in [0.15, 0.2) is 0 Å². The van der Waals surface area contributed by atoms with Crippen LogP contribution in [0.5, 0.6) is 0 Å². The fourth-order valence-corrected chi connectivity index (χ4v) is 2.18. The molecule has 0 radical (unpaired) electrons. The summed E-state index contributed by atoms with van der Waals surface area (Å²) in [6.45, 7) is 7.21. The van der Waals surface area contributed by atoms with Gasteiger partial charge in [0.1, 0.15) is 0 Å². The zero-order chi connectivity index (χ0) is 14.4. The van der Waals surface area contributed by atoms with Crippen molar-refractivity contribution in [2.24, 2.45) is 0 Å². The van der Waals surface area contributed by atoms with E-state index in [0.717, 1.165) is 19.6 Å². The van der Waals surface area contributed by atoms with Crippen molar-refractivity contribution in [2.75, 3.05) is 12.8 Å². The maximum absolute atomic E-state index is 4.42. The van der Waals surface area contributed by atoms with Crippen molar-refractivity contribution in [1.82, 2.24) is 15.1 Å². The largest absolute Gasteiger partial charge is 0.311 e. The van der Waals surface area contributed by atoms with Crippen LogP contribution in [0.25, 0.3) is 0 Å². The number of aromatic nitrogens is 2. The van der Waals surface area contributed by atoms with Crippen LogP contribution in [0.15, 0.2) is 42.7 Å². The quantitative estimate of drug-likeness (QED) is 0.849. The molecule has 0 amide bonds. The standard InChI is InChI=1S/C16H23N3S/c1-16(2,20-3)13-17-9-15-10-18-19(12-15)11-14-7-5-4-6-8-14/h4-8,10,12,17H,9,11,13H2,1-3H3. The van der Waals surface area contributed by atoms with E-state index in [2.05, 4.69) is 61.0 Å². The summed E-state index contributed by atoms with van der Waals surface area (Å²) in [5.74, 6) is 0. The lowest BCUT2D eigenvalue weighted by atomic mass is 10.2. The number of nitrogens with one attached hydrogen (secondary N) is 1. The Hall–Kier alpha value is -1.26. The minimum atomic E-state index is 0.278. The fourth-order valence-electron chi connectivity index (χ4n) is 1.93. The van der Waals surface area contributed by atoms with Crippen LogP contribution in [0.4, 0.5) is 0 Å². The number of hydrogen-bond acceptors (Lipinski definition) is 3. The van der Waals surface area contributed by atoms with Crippen LogP contribution in [0.2, 0.25) is 0 Å². The topological polar surface area (TPSA) is 29.9 Å². The predicted molar refractivity (Wildman–Crippen MR) is 87.1 cm³/mol. The highest BCUT2D eigenvalue weighted by Gasteiger charge is 2.14. The second-order valence-electron chi connectivity index (χ2n) is 5.60. The summed E-state index contributed by atoms with van der Waals surface area (Å²) >= 11 is 1.89. The lowest BCUT2D eigenvalue weighted by Crippen LogP contribution is -2.31. The second-order valence-corrected chi connectivity index (χ2v) is 7.11. The van der Waals surface area contributed by atoms with Crippen molar-refractivity contribution in [1.29, 1.82) is 0 Å². The normalized spacial score (nSPS) is 11.8. The zero-order valence-corrected chi connectivity index (χ0v) is 13.3. The minimum absolute atomic E-state index is 0.278. The lowest BCUT2D eigenvalue weighted by Gasteiger charge is -2.22. The third-order valence-electron chi connectivity index (χ3n) is 3.31. The predicted octanol–water partition coefficient (Wildman–Crippen LogP) is 3.16. The molecule has 0 saturated heterocycles. The van der Waals surface area contributed by atoms with Gasteiger partial charge in [-0.25, -0.2) is 0 Å². The number of benzene rings is 1. The highest BCUT2D eigenvalue weighted by molar-refractivity contribution is 7.99. The molecule has 0 unspecified atom stereocenters. The first kappa shape index (κ1) is 15.1. The van der Waals surface area contributed by atoms with E-state index in [0.29, 0.717) is 0 Å². The molecule has 0 aliphatic carbocycles. The minimum Gasteiger partial charge on any atom is -0.311 e. The maximum atomic E-state index is 4.42. The van der Waals surface area contributed by atoms with Gasteiger partial charge in [0.05, 0.1) is 12.7 Å². The van der Waals surface area contributed by atoms with Crippen molar-refractivity contribution in [3.05, 3.63) is 53.9 Å². The van der Waals surface area contributed by atoms with Crippen molar-refractivity contribution in [3.63, 3.8) is 0 Å². The summed E-state index contributed by atoms with van der Waals surface area (Å²) in [7, 11) is 0. The third kappa shape index (κ3) is 4.69. The van der Waals surface area contributed by atoms with Gasteiger partial charge in [0, 0.05) is 29.6 Å². The Kier molecular flexibility index (Phi) is 5.26. The molecule has 20 heavy (non-hydrogen) atoms. The first-order chi connectivity index (χ1) is 9.59. The molecule has 1 heterocycles. The summed E-state index contributed by atoms with van der Waals surface area (Å²) in [4.78, 5) is 0. The van der Waals surface area contributed by atoms with Crippen LogP contribution in [0, 0.1) is 0 Å². The van der Waals surface area contributed by atoms with Crippen LogP contribution in [-0.2, 0) is 13.1 Å². The van der Waals surface area contributed by atoms with Crippen molar-refractivity contribution in [2.45, 2.75) is 31.7 Å². The summed E-state index contributed by atoms with van der Waals surface area (Å²) < 4.78 is 2.27. The molecule has 0 spiro atoms. The Morgan fingerprint density at radius 2 is 1.95 bits per heavy atom. The SMILES string of the molecule is CSC(C)(C)CNCc1cnn(Cc2ccccc2)c1. The lowest BCUT2D eigenvalue weighted by molar-refractivity contribution is 0.590. The van der Waals surface area contributed by atoms with Gasteiger partial charge < -0.3 is 5.32 Å². The molecule has 2 rings (SSSR count). The molecule has 108 valence electrons. The number of nitrogens with zero attached hydrogens (tertiary/aromatic N) is 2. The molecule has 0 bridgehead atoms. The molecule has 0 saturated carbocycles. The Balaban J connectivity index is 1.84. The van der Waals surface area contributed by atoms with Crippen LogP contribution >= 0.6 is 11.8 Å². The van der Waals surface area contributed by atoms with Gasteiger partial charge in [-0.1, -0.05) is 30.3 Å². The van der Waals surface area contributed by atoms with Crippen LogP contribution in [0.1, 0.15) is 25.0 Å². The zero-order valence-electron chi connectivity index (χ0n) is 12.5. The monoisotopic (exact) mass is 289 g/mol.